The Bertz CT molecular complexity index is 996. The number of carbonyl (C=O) groups excluding carboxylic acids is 1. The van der Waals surface area contributed by atoms with Crippen LogP contribution in [0.15, 0.2) is 24.4 Å². The van der Waals surface area contributed by atoms with Crippen LogP contribution in [0, 0.1) is 6.92 Å². The highest BCUT2D eigenvalue weighted by molar-refractivity contribution is 7.22. The largest absolute Gasteiger partial charge is 0.379 e. The van der Waals surface area contributed by atoms with Crippen molar-refractivity contribution >= 4 is 44.2 Å². The van der Waals surface area contributed by atoms with Crippen LogP contribution in [-0.4, -0.2) is 65.0 Å². The Morgan fingerprint density at radius 2 is 2.14 bits per heavy atom. The third-order valence-corrected chi connectivity index (χ3v) is 6.14. The molecule has 9 heteroatoms. The van der Waals surface area contributed by atoms with E-state index in [1.165, 1.54) is 11.3 Å². The molecule has 0 bridgehead atoms. The standard InChI is InChI=1S/C19H22ClN5O2S/c1-13-12-23(2)22-16(13)18(26)25(7-6-24-8-10-27-11-9-24)19-21-17-14(20)4-3-5-15(17)28-19/h3-5,12H,6-11H2,1-2H3. The van der Waals surface area contributed by atoms with E-state index in [2.05, 4.69) is 15.0 Å². The number of aromatic nitrogens is 3. The molecule has 0 aliphatic carbocycles. The first-order chi connectivity index (χ1) is 13.5. The molecule has 1 saturated heterocycles. The van der Waals surface area contributed by atoms with Crippen molar-refractivity contribution in [2.75, 3.05) is 44.3 Å². The first-order valence-electron chi connectivity index (χ1n) is 9.20. The molecule has 3 heterocycles. The lowest BCUT2D eigenvalue weighted by Gasteiger charge is -2.29. The molecule has 148 valence electrons. The van der Waals surface area contributed by atoms with Gasteiger partial charge < -0.3 is 4.74 Å². The molecule has 4 rings (SSSR count). The normalized spacial score (nSPS) is 15.2. The SMILES string of the molecule is Cc1cn(C)nc1C(=O)N(CCN1CCOCC1)c1nc2c(Cl)cccc2s1. The number of anilines is 1. The van der Waals surface area contributed by atoms with E-state index in [0.717, 1.165) is 48.6 Å². The summed E-state index contributed by atoms with van der Waals surface area (Å²) in [4.78, 5) is 22.1. The molecule has 0 N–H and O–H groups in total. The van der Waals surface area contributed by atoms with Crippen molar-refractivity contribution in [3.05, 3.63) is 40.7 Å². The molecule has 0 radical (unpaired) electrons. The Balaban J connectivity index is 1.66. The number of benzene rings is 1. The van der Waals surface area contributed by atoms with E-state index in [1.807, 2.05) is 38.4 Å². The number of hydrogen-bond acceptors (Lipinski definition) is 6. The number of para-hydroxylation sites is 1. The number of thiazole rings is 1. The van der Waals surface area contributed by atoms with Crippen LogP contribution in [0.2, 0.25) is 5.02 Å². The van der Waals surface area contributed by atoms with E-state index in [4.69, 9.17) is 16.3 Å². The Hall–Kier alpha value is -2.00. The molecule has 1 fully saturated rings. The van der Waals surface area contributed by atoms with Crippen molar-refractivity contribution in [1.29, 1.82) is 0 Å². The fourth-order valence-electron chi connectivity index (χ4n) is 3.32. The summed E-state index contributed by atoms with van der Waals surface area (Å²) in [7, 11) is 1.82. The molecule has 0 atom stereocenters. The minimum Gasteiger partial charge on any atom is -0.379 e. The number of nitrogens with zero attached hydrogens (tertiary/aromatic N) is 5. The van der Waals surface area contributed by atoms with Crippen LogP contribution >= 0.6 is 22.9 Å². The summed E-state index contributed by atoms with van der Waals surface area (Å²) >= 11 is 7.78. The van der Waals surface area contributed by atoms with Crippen molar-refractivity contribution in [2.45, 2.75) is 6.92 Å². The average molecular weight is 420 g/mol. The highest BCUT2D eigenvalue weighted by Crippen LogP contribution is 2.33. The number of amides is 1. The maximum Gasteiger partial charge on any atom is 0.280 e. The van der Waals surface area contributed by atoms with Crippen LogP contribution < -0.4 is 4.90 Å². The van der Waals surface area contributed by atoms with Crippen molar-refractivity contribution in [1.82, 2.24) is 19.7 Å². The van der Waals surface area contributed by atoms with E-state index in [0.29, 0.717) is 22.4 Å². The lowest BCUT2D eigenvalue weighted by atomic mass is 10.2. The van der Waals surface area contributed by atoms with Gasteiger partial charge in [-0.3, -0.25) is 19.3 Å². The van der Waals surface area contributed by atoms with E-state index in [-0.39, 0.29) is 5.91 Å². The van der Waals surface area contributed by atoms with Gasteiger partial charge in [-0.15, -0.1) is 0 Å². The van der Waals surface area contributed by atoms with Gasteiger partial charge in [0, 0.05) is 45.0 Å². The summed E-state index contributed by atoms with van der Waals surface area (Å²) in [6.07, 6.45) is 1.85. The van der Waals surface area contributed by atoms with Crippen molar-refractivity contribution in [3.8, 4) is 0 Å². The number of carbonyl (C=O) groups is 1. The number of rotatable bonds is 5. The number of hydrogen-bond donors (Lipinski definition) is 0. The third-order valence-electron chi connectivity index (χ3n) is 4.79. The van der Waals surface area contributed by atoms with Gasteiger partial charge in [-0.2, -0.15) is 5.10 Å². The van der Waals surface area contributed by atoms with E-state index in [9.17, 15) is 4.79 Å². The average Bonchev–Trinajstić information content (AvgIpc) is 3.26. The molecular formula is C19H22ClN5O2S. The Morgan fingerprint density at radius 1 is 1.36 bits per heavy atom. The quantitative estimate of drug-likeness (QED) is 0.636. The van der Waals surface area contributed by atoms with Crippen LogP contribution in [-0.2, 0) is 11.8 Å². The lowest BCUT2D eigenvalue weighted by Crippen LogP contribution is -2.43. The molecule has 3 aromatic rings. The second kappa shape index (κ2) is 8.16. The smallest absolute Gasteiger partial charge is 0.280 e. The maximum atomic E-state index is 13.4. The molecule has 1 aromatic carbocycles. The van der Waals surface area contributed by atoms with E-state index < -0.39 is 0 Å². The molecule has 2 aromatic heterocycles. The molecule has 28 heavy (non-hydrogen) atoms. The van der Waals surface area contributed by atoms with Gasteiger partial charge in [0.05, 0.1) is 22.9 Å². The molecule has 7 nitrogen and oxygen atoms in total. The third kappa shape index (κ3) is 3.91. The summed E-state index contributed by atoms with van der Waals surface area (Å²) in [6.45, 7) is 6.38. The van der Waals surface area contributed by atoms with Crippen molar-refractivity contribution in [3.63, 3.8) is 0 Å². The number of halogens is 1. The summed E-state index contributed by atoms with van der Waals surface area (Å²) in [5, 5.41) is 5.60. The van der Waals surface area contributed by atoms with Crippen molar-refractivity contribution < 1.29 is 9.53 Å². The zero-order valence-electron chi connectivity index (χ0n) is 15.9. The van der Waals surface area contributed by atoms with Gasteiger partial charge in [-0.1, -0.05) is 29.0 Å². The topological polar surface area (TPSA) is 63.5 Å². The Kier molecular flexibility index (Phi) is 5.63. The van der Waals surface area contributed by atoms with Gasteiger partial charge in [0.25, 0.3) is 5.91 Å². The van der Waals surface area contributed by atoms with Crippen LogP contribution in [0.5, 0.6) is 0 Å². The number of ether oxygens (including phenoxy) is 1. The number of aryl methyl sites for hydroxylation is 2. The number of fused-ring (bicyclic) bond motifs is 1. The predicted octanol–water partition coefficient (Wildman–Crippen LogP) is 2.97. The molecule has 1 aliphatic heterocycles. The highest BCUT2D eigenvalue weighted by Gasteiger charge is 2.26. The second-order valence-corrected chi connectivity index (χ2v) is 8.24. The molecule has 0 unspecified atom stereocenters. The summed E-state index contributed by atoms with van der Waals surface area (Å²) in [6, 6.07) is 5.69. The highest BCUT2D eigenvalue weighted by atomic mass is 35.5. The fraction of sp³-hybridized carbons (Fsp3) is 0.421. The van der Waals surface area contributed by atoms with Crippen LogP contribution in [0.25, 0.3) is 10.2 Å². The zero-order valence-corrected chi connectivity index (χ0v) is 17.5. The van der Waals surface area contributed by atoms with Crippen LogP contribution in [0.4, 0.5) is 5.13 Å². The minimum atomic E-state index is -0.137. The van der Waals surface area contributed by atoms with E-state index >= 15 is 0 Å². The summed E-state index contributed by atoms with van der Waals surface area (Å²) < 4.78 is 8.05. The van der Waals surface area contributed by atoms with Gasteiger partial charge in [0.2, 0.25) is 0 Å². The van der Waals surface area contributed by atoms with Gasteiger partial charge in [0.1, 0.15) is 5.52 Å². The Morgan fingerprint density at radius 3 is 2.82 bits per heavy atom. The van der Waals surface area contributed by atoms with Crippen LogP contribution in [0.3, 0.4) is 0 Å². The second-order valence-electron chi connectivity index (χ2n) is 6.83. The first-order valence-corrected chi connectivity index (χ1v) is 10.4. The summed E-state index contributed by atoms with van der Waals surface area (Å²) in [5.74, 6) is -0.137. The van der Waals surface area contributed by atoms with Gasteiger partial charge >= 0.3 is 0 Å². The molecule has 1 amide bonds. The zero-order chi connectivity index (χ0) is 19.7. The van der Waals surface area contributed by atoms with Crippen LogP contribution in [0.1, 0.15) is 16.1 Å². The first kappa shape index (κ1) is 19.3. The minimum absolute atomic E-state index is 0.137. The van der Waals surface area contributed by atoms with E-state index in [1.54, 1.807) is 9.58 Å². The van der Waals surface area contributed by atoms with Gasteiger partial charge in [-0.05, 0) is 19.1 Å². The predicted molar refractivity (Wildman–Crippen MR) is 112 cm³/mol. The maximum absolute atomic E-state index is 13.4. The Labute approximate surface area is 172 Å². The van der Waals surface area contributed by atoms with Crippen molar-refractivity contribution in [2.24, 2.45) is 7.05 Å². The van der Waals surface area contributed by atoms with Gasteiger partial charge in [-0.25, -0.2) is 4.98 Å². The number of morpholine rings is 1. The molecule has 0 spiro atoms. The summed E-state index contributed by atoms with van der Waals surface area (Å²) in [5.41, 5.74) is 2.03. The monoisotopic (exact) mass is 419 g/mol. The molecular weight excluding hydrogens is 398 g/mol. The lowest BCUT2D eigenvalue weighted by molar-refractivity contribution is 0.0391. The molecule has 0 saturated carbocycles. The van der Waals surface area contributed by atoms with Gasteiger partial charge in [0.15, 0.2) is 10.8 Å². The fourth-order valence-corrected chi connectivity index (χ4v) is 4.60. The molecule has 1 aliphatic rings.